The molecule has 0 aliphatic carbocycles. The summed E-state index contributed by atoms with van der Waals surface area (Å²) >= 11 is 6.13. The average molecular weight is 354 g/mol. The number of benzene rings is 2. The molecular weight excluding hydrogens is 334 g/mol. The van der Waals surface area contributed by atoms with Gasteiger partial charge in [0.2, 0.25) is 5.96 Å². The molecule has 0 bridgehead atoms. The van der Waals surface area contributed by atoms with Crippen molar-refractivity contribution in [3.05, 3.63) is 70.9 Å². The molecule has 25 heavy (non-hydrogen) atoms. The topological polar surface area (TPSA) is 35.9 Å². The molecule has 0 saturated heterocycles. The Bertz CT molecular complexity index is 826. The third kappa shape index (κ3) is 3.59. The third-order valence-electron chi connectivity index (χ3n) is 4.06. The van der Waals surface area contributed by atoms with Gasteiger partial charge in [0, 0.05) is 18.1 Å². The maximum atomic E-state index is 13.0. The molecule has 3 rings (SSSR count). The van der Waals surface area contributed by atoms with Gasteiger partial charge < -0.3 is 4.90 Å². The first-order valence-electron chi connectivity index (χ1n) is 8.34. The normalized spacial score (nSPS) is 15.6. The van der Waals surface area contributed by atoms with Crippen molar-refractivity contribution in [2.24, 2.45) is 4.99 Å². The second-order valence-corrected chi connectivity index (χ2v) is 6.08. The molecule has 2 aromatic carbocycles. The van der Waals surface area contributed by atoms with E-state index in [1.807, 2.05) is 62.4 Å². The molecule has 1 aliphatic heterocycles. The van der Waals surface area contributed by atoms with Gasteiger partial charge >= 0.3 is 0 Å². The molecule has 0 spiro atoms. The van der Waals surface area contributed by atoms with Gasteiger partial charge in [-0.05, 0) is 43.7 Å². The fourth-order valence-electron chi connectivity index (χ4n) is 2.78. The highest BCUT2D eigenvalue weighted by Gasteiger charge is 2.34. The van der Waals surface area contributed by atoms with E-state index in [2.05, 4.69) is 9.89 Å². The van der Waals surface area contributed by atoms with E-state index in [4.69, 9.17) is 11.6 Å². The predicted molar refractivity (Wildman–Crippen MR) is 104 cm³/mol. The summed E-state index contributed by atoms with van der Waals surface area (Å²) in [5.74, 6) is 0.493. The number of rotatable bonds is 4. The van der Waals surface area contributed by atoms with Crippen molar-refractivity contribution < 1.29 is 4.79 Å². The average Bonchev–Trinajstić information content (AvgIpc) is 2.93. The Balaban J connectivity index is 2.06. The first-order chi connectivity index (χ1) is 12.1. The van der Waals surface area contributed by atoms with Gasteiger partial charge in [0.15, 0.2) is 0 Å². The summed E-state index contributed by atoms with van der Waals surface area (Å²) < 4.78 is 0. The molecule has 4 nitrogen and oxygen atoms in total. The van der Waals surface area contributed by atoms with Crippen LogP contribution in [0.5, 0.6) is 0 Å². The van der Waals surface area contributed by atoms with Gasteiger partial charge in [0.1, 0.15) is 5.70 Å². The fourth-order valence-corrected chi connectivity index (χ4v) is 2.96. The lowest BCUT2D eigenvalue weighted by Gasteiger charge is -2.27. The van der Waals surface area contributed by atoms with E-state index in [1.165, 1.54) is 0 Å². The van der Waals surface area contributed by atoms with E-state index in [0.29, 0.717) is 16.7 Å². The number of nitrogens with zero attached hydrogens (tertiary/aromatic N) is 3. The monoisotopic (exact) mass is 353 g/mol. The van der Waals surface area contributed by atoms with Crippen LogP contribution in [0, 0.1) is 0 Å². The van der Waals surface area contributed by atoms with Gasteiger partial charge in [-0.2, -0.15) is 0 Å². The highest BCUT2D eigenvalue weighted by Crippen LogP contribution is 2.28. The van der Waals surface area contributed by atoms with Crippen LogP contribution >= 0.6 is 11.6 Å². The standard InChI is InChI=1S/C20H20ClN3O/c1-3-23(4-2)20-22-18(13-15-9-6-5-7-10-15)19(25)24(20)17-12-8-11-16(21)14-17/h5-14H,3-4H2,1-2H3/b18-13-. The van der Waals surface area contributed by atoms with Crippen LogP contribution in [-0.4, -0.2) is 29.9 Å². The second-order valence-electron chi connectivity index (χ2n) is 5.64. The van der Waals surface area contributed by atoms with Crippen LogP contribution in [0.1, 0.15) is 19.4 Å². The summed E-state index contributed by atoms with van der Waals surface area (Å²) in [6.45, 7) is 5.62. The van der Waals surface area contributed by atoms with Gasteiger partial charge in [0.05, 0.1) is 5.69 Å². The van der Waals surface area contributed by atoms with Gasteiger partial charge in [-0.3, -0.25) is 4.79 Å². The molecule has 0 N–H and O–H groups in total. The minimum atomic E-state index is -0.145. The number of hydrogen-bond acceptors (Lipinski definition) is 3. The molecular formula is C20H20ClN3O. The van der Waals surface area contributed by atoms with Crippen LogP contribution < -0.4 is 4.90 Å². The Hall–Kier alpha value is -2.59. The molecule has 0 radical (unpaired) electrons. The number of halogens is 1. The molecule has 1 heterocycles. The molecule has 2 aromatic rings. The molecule has 5 heteroatoms. The maximum absolute atomic E-state index is 13.0. The Labute approximate surface area is 153 Å². The van der Waals surface area contributed by atoms with E-state index in [0.717, 1.165) is 24.3 Å². The van der Waals surface area contributed by atoms with Gasteiger partial charge in [0.25, 0.3) is 5.91 Å². The Kier molecular flexibility index (Phi) is 5.19. The van der Waals surface area contributed by atoms with Crippen molar-refractivity contribution in [1.29, 1.82) is 0 Å². The van der Waals surface area contributed by atoms with Crippen molar-refractivity contribution >= 4 is 35.2 Å². The van der Waals surface area contributed by atoms with E-state index in [-0.39, 0.29) is 5.91 Å². The quantitative estimate of drug-likeness (QED) is 0.762. The number of guanidine groups is 1. The van der Waals surface area contributed by atoms with Crippen LogP contribution in [-0.2, 0) is 4.79 Å². The van der Waals surface area contributed by atoms with Crippen LogP contribution in [0.25, 0.3) is 6.08 Å². The Morgan fingerprint density at radius 2 is 1.80 bits per heavy atom. The molecule has 0 atom stereocenters. The van der Waals surface area contributed by atoms with E-state index >= 15 is 0 Å². The predicted octanol–water partition coefficient (Wildman–Crippen LogP) is 4.43. The molecule has 1 aliphatic rings. The lowest BCUT2D eigenvalue weighted by Crippen LogP contribution is -2.44. The summed E-state index contributed by atoms with van der Waals surface area (Å²) in [7, 11) is 0. The lowest BCUT2D eigenvalue weighted by molar-refractivity contribution is -0.113. The molecule has 0 fully saturated rings. The summed E-state index contributed by atoms with van der Waals surface area (Å²) in [5, 5.41) is 0.588. The zero-order chi connectivity index (χ0) is 17.8. The van der Waals surface area contributed by atoms with Gasteiger partial charge in [-0.1, -0.05) is 48.0 Å². The van der Waals surface area contributed by atoms with E-state index in [9.17, 15) is 4.79 Å². The Morgan fingerprint density at radius 1 is 1.08 bits per heavy atom. The van der Waals surface area contributed by atoms with Crippen LogP contribution in [0.4, 0.5) is 5.69 Å². The SMILES string of the molecule is CCN(CC)C1=N/C(=C\c2ccccc2)C(=O)N1c1cccc(Cl)c1. The minimum Gasteiger partial charge on any atom is -0.342 e. The van der Waals surface area contributed by atoms with Crippen molar-refractivity contribution in [2.45, 2.75) is 13.8 Å². The highest BCUT2D eigenvalue weighted by atomic mass is 35.5. The molecule has 0 aromatic heterocycles. The number of carbonyl (C=O) groups excluding carboxylic acids is 1. The second kappa shape index (κ2) is 7.53. The zero-order valence-electron chi connectivity index (χ0n) is 14.3. The Morgan fingerprint density at radius 3 is 2.44 bits per heavy atom. The summed E-state index contributed by atoms with van der Waals surface area (Å²) in [4.78, 5) is 21.4. The summed E-state index contributed by atoms with van der Waals surface area (Å²) in [5.41, 5.74) is 2.09. The van der Waals surface area contributed by atoms with Crippen molar-refractivity contribution in [1.82, 2.24) is 4.90 Å². The smallest absolute Gasteiger partial charge is 0.283 e. The molecule has 0 unspecified atom stereocenters. The lowest BCUT2D eigenvalue weighted by atomic mass is 10.2. The van der Waals surface area contributed by atoms with E-state index in [1.54, 1.807) is 17.0 Å². The van der Waals surface area contributed by atoms with Crippen LogP contribution in [0.2, 0.25) is 5.02 Å². The van der Waals surface area contributed by atoms with Gasteiger partial charge in [-0.15, -0.1) is 0 Å². The molecule has 128 valence electrons. The zero-order valence-corrected chi connectivity index (χ0v) is 15.1. The minimum absolute atomic E-state index is 0.145. The highest BCUT2D eigenvalue weighted by molar-refractivity contribution is 6.32. The summed E-state index contributed by atoms with van der Waals surface area (Å²) in [6.07, 6.45) is 1.82. The van der Waals surface area contributed by atoms with Crippen molar-refractivity contribution in [3.8, 4) is 0 Å². The number of carbonyl (C=O) groups is 1. The maximum Gasteiger partial charge on any atom is 0.283 e. The van der Waals surface area contributed by atoms with Crippen LogP contribution in [0.3, 0.4) is 0 Å². The largest absolute Gasteiger partial charge is 0.342 e. The first-order valence-corrected chi connectivity index (χ1v) is 8.72. The number of aliphatic imine (C=N–C) groups is 1. The van der Waals surface area contributed by atoms with Crippen molar-refractivity contribution in [2.75, 3.05) is 18.0 Å². The van der Waals surface area contributed by atoms with Crippen molar-refractivity contribution in [3.63, 3.8) is 0 Å². The third-order valence-corrected chi connectivity index (χ3v) is 4.29. The van der Waals surface area contributed by atoms with E-state index < -0.39 is 0 Å². The first kappa shape index (κ1) is 17.2. The number of hydrogen-bond donors (Lipinski definition) is 0. The fraction of sp³-hybridized carbons (Fsp3) is 0.200. The number of anilines is 1. The summed E-state index contributed by atoms with van der Waals surface area (Å²) in [6, 6.07) is 17.0. The molecule has 1 amide bonds. The van der Waals surface area contributed by atoms with Crippen LogP contribution in [0.15, 0.2) is 65.3 Å². The number of amides is 1. The molecule has 0 saturated carbocycles. The van der Waals surface area contributed by atoms with Gasteiger partial charge in [-0.25, -0.2) is 9.89 Å².